The number of anilines is 2. The van der Waals surface area contributed by atoms with E-state index in [-0.39, 0.29) is 6.23 Å². The summed E-state index contributed by atoms with van der Waals surface area (Å²) in [5, 5.41) is 3.65. The van der Waals surface area contributed by atoms with Gasteiger partial charge in [-0.1, -0.05) is 6.07 Å². The molecule has 0 bridgehead atoms. The Kier molecular flexibility index (Phi) is 3.99. The highest BCUT2D eigenvalue weighted by atomic mass is 32.1. The molecule has 3 aromatic rings. The molecule has 0 amide bonds. The molecule has 0 saturated carbocycles. The first-order valence-corrected chi connectivity index (χ1v) is 8.15. The molecule has 24 heavy (non-hydrogen) atoms. The predicted octanol–water partition coefficient (Wildman–Crippen LogP) is 3.18. The highest BCUT2D eigenvalue weighted by Crippen LogP contribution is 2.30. The highest BCUT2D eigenvalue weighted by Gasteiger charge is 2.22. The van der Waals surface area contributed by atoms with Crippen LogP contribution in [-0.2, 0) is 4.74 Å². The van der Waals surface area contributed by atoms with Crippen LogP contribution in [0.5, 0.6) is 5.75 Å². The number of fused-ring (bicyclic) bond motifs is 1. The average Bonchev–Trinajstić information content (AvgIpc) is 3.24. The van der Waals surface area contributed by atoms with Crippen LogP contribution < -0.4 is 10.1 Å². The van der Waals surface area contributed by atoms with Crippen molar-refractivity contribution in [2.24, 2.45) is 0 Å². The molecule has 1 aliphatic rings. The second kappa shape index (κ2) is 6.29. The van der Waals surface area contributed by atoms with E-state index in [0.29, 0.717) is 22.1 Å². The first-order valence-electron chi connectivity index (χ1n) is 7.71. The maximum atomic E-state index is 5.73. The van der Waals surface area contributed by atoms with Crippen LogP contribution in [0.4, 0.5) is 11.5 Å². The molecular formula is C16H17N5O2S. The van der Waals surface area contributed by atoms with Crippen molar-refractivity contribution in [1.82, 2.24) is 19.5 Å². The quantitative estimate of drug-likeness (QED) is 0.560. The van der Waals surface area contributed by atoms with Gasteiger partial charge < -0.3 is 14.8 Å². The van der Waals surface area contributed by atoms with Crippen LogP contribution in [0.25, 0.3) is 11.2 Å². The molecule has 2 aromatic heterocycles. The molecule has 1 aromatic carbocycles. The maximum Gasteiger partial charge on any atom is 0.188 e. The molecule has 3 heterocycles. The summed E-state index contributed by atoms with van der Waals surface area (Å²) in [7, 11) is 1.64. The van der Waals surface area contributed by atoms with E-state index in [9.17, 15) is 0 Å². The van der Waals surface area contributed by atoms with Gasteiger partial charge in [0.1, 0.15) is 12.0 Å². The van der Waals surface area contributed by atoms with E-state index in [4.69, 9.17) is 9.47 Å². The molecule has 1 unspecified atom stereocenters. The zero-order chi connectivity index (χ0) is 16.5. The number of rotatable bonds is 4. The fourth-order valence-corrected chi connectivity index (χ4v) is 3.02. The Morgan fingerprint density at radius 2 is 2.29 bits per heavy atom. The molecule has 7 nitrogen and oxygen atoms in total. The normalized spacial score (nSPS) is 17.3. The van der Waals surface area contributed by atoms with E-state index >= 15 is 0 Å². The molecule has 1 atom stereocenters. The molecule has 1 N–H and O–H groups in total. The van der Waals surface area contributed by atoms with E-state index in [0.717, 1.165) is 30.9 Å². The van der Waals surface area contributed by atoms with Gasteiger partial charge in [0.15, 0.2) is 22.1 Å². The van der Waals surface area contributed by atoms with Crippen LogP contribution in [0.15, 0.2) is 35.7 Å². The summed E-state index contributed by atoms with van der Waals surface area (Å²) in [5.41, 5.74) is 2.26. The van der Waals surface area contributed by atoms with E-state index in [1.807, 2.05) is 28.8 Å². The number of ether oxygens (including phenoxy) is 2. The molecule has 0 radical (unpaired) electrons. The van der Waals surface area contributed by atoms with Gasteiger partial charge in [-0.2, -0.15) is 0 Å². The summed E-state index contributed by atoms with van der Waals surface area (Å²) in [6, 6.07) is 7.62. The summed E-state index contributed by atoms with van der Waals surface area (Å²) in [5.74, 6) is 1.37. The first kappa shape index (κ1) is 15.2. The van der Waals surface area contributed by atoms with Crippen molar-refractivity contribution in [3.8, 4) is 5.75 Å². The van der Waals surface area contributed by atoms with Crippen LogP contribution in [-0.4, -0.2) is 33.2 Å². The predicted molar refractivity (Wildman–Crippen MR) is 93.1 cm³/mol. The minimum Gasteiger partial charge on any atom is -0.497 e. The van der Waals surface area contributed by atoms with Crippen molar-refractivity contribution in [3.05, 3.63) is 30.6 Å². The topological polar surface area (TPSA) is 74.1 Å². The Bertz CT molecular complexity index is 876. The smallest absolute Gasteiger partial charge is 0.188 e. The molecule has 124 valence electrons. The first-order chi connectivity index (χ1) is 11.7. The summed E-state index contributed by atoms with van der Waals surface area (Å²) >= 11 is 4.33. The molecular weight excluding hydrogens is 326 g/mol. The zero-order valence-corrected chi connectivity index (χ0v) is 14.0. The SMILES string of the molecule is COc1cccc(Nc2nc(S)nc3c2ncn3C2CCCO2)c1. The van der Waals surface area contributed by atoms with E-state index in [1.165, 1.54) is 0 Å². The fraction of sp³-hybridized carbons (Fsp3) is 0.312. The van der Waals surface area contributed by atoms with Gasteiger partial charge in [0.25, 0.3) is 0 Å². The number of nitrogens with zero attached hydrogens (tertiary/aromatic N) is 4. The van der Waals surface area contributed by atoms with Crippen molar-refractivity contribution >= 4 is 35.3 Å². The molecule has 0 aliphatic carbocycles. The third-order valence-electron chi connectivity index (χ3n) is 3.96. The van der Waals surface area contributed by atoms with Crippen molar-refractivity contribution in [2.75, 3.05) is 19.0 Å². The van der Waals surface area contributed by atoms with Gasteiger partial charge in [-0.3, -0.25) is 4.57 Å². The Labute approximate surface area is 144 Å². The van der Waals surface area contributed by atoms with E-state index in [1.54, 1.807) is 13.4 Å². The largest absolute Gasteiger partial charge is 0.497 e. The van der Waals surface area contributed by atoms with Crippen LogP contribution in [0.1, 0.15) is 19.1 Å². The lowest BCUT2D eigenvalue weighted by Crippen LogP contribution is -2.07. The monoisotopic (exact) mass is 343 g/mol. The maximum absolute atomic E-state index is 5.73. The number of nitrogens with one attached hydrogen (secondary N) is 1. The number of imidazole rings is 1. The van der Waals surface area contributed by atoms with Crippen molar-refractivity contribution in [1.29, 1.82) is 0 Å². The zero-order valence-electron chi connectivity index (χ0n) is 13.1. The second-order valence-corrected chi connectivity index (χ2v) is 5.92. The van der Waals surface area contributed by atoms with Crippen molar-refractivity contribution < 1.29 is 9.47 Å². The van der Waals surface area contributed by atoms with Crippen LogP contribution in [0, 0.1) is 0 Å². The Morgan fingerprint density at radius 1 is 1.38 bits per heavy atom. The summed E-state index contributed by atoms with van der Waals surface area (Å²) < 4.78 is 12.9. The molecule has 0 spiro atoms. The van der Waals surface area contributed by atoms with Gasteiger partial charge in [0.2, 0.25) is 0 Å². The number of hydrogen-bond donors (Lipinski definition) is 2. The molecule has 1 saturated heterocycles. The van der Waals surface area contributed by atoms with Gasteiger partial charge in [-0.25, -0.2) is 15.0 Å². The molecule has 8 heteroatoms. The third-order valence-corrected chi connectivity index (χ3v) is 4.16. The lowest BCUT2D eigenvalue weighted by Gasteiger charge is -2.12. The molecule has 1 aliphatic heterocycles. The van der Waals surface area contributed by atoms with Gasteiger partial charge >= 0.3 is 0 Å². The van der Waals surface area contributed by atoms with Gasteiger partial charge in [0.05, 0.1) is 13.4 Å². The summed E-state index contributed by atoms with van der Waals surface area (Å²) in [6.45, 7) is 0.762. The van der Waals surface area contributed by atoms with Gasteiger partial charge in [-0.15, -0.1) is 12.6 Å². The third kappa shape index (κ3) is 2.78. The van der Waals surface area contributed by atoms with Crippen LogP contribution >= 0.6 is 12.6 Å². The van der Waals surface area contributed by atoms with Crippen molar-refractivity contribution in [3.63, 3.8) is 0 Å². The molecule has 4 rings (SSSR count). The summed E-state index contributed by atoms with van der Waals surface area (Å²) in [4.78, 5) is 13.3. The standard InChI is InChI=1S/C16H17N5O2S/c1-22-11-5-2-4-10(8-11)18-14-13-15(20-16(24)19-14)21(9-17-13)12-6-3-7-23-12/h2,4-5,8-9,12H,3,6-7H2,1H3,(H2,18,19,20,24). The Hall–Kier alpha value is -2.32. The minimum absolute atomic E-state index is 0.0256. The lowest BCUT2D eigenvalue weighted by molar-refractivity contribution is 0.0592. The summed E-state index contributed by atoms with van der Waals surface area (Å²) in [6.07, 6.45) is 3.72. The number of hydrogen-bond acceptors (Lipinski definition) is 7. The minimum atomic E-state index is -0.0256. The number of methoxy groups -OCH3 is 1. The Balaban J connectivity index is 1.74. The fourth-order valence-electron chi connectivity index (χ4n) is 2.82. The van der Waals surface area contributed by atoms with Crippen LogP contribution in [0.2, 0.25) is 0 Å². The highest BCUT2D eigenvalue weighted by molar-refractivity contribution is 7.80. The Morgan fingerprint density at radius 3 is 3.08 bits per heavy atom. The van der Waals surface area contributed by atoms with Gasteiger partial charge in [-0.05, 0) is 25.0 Å². The second-order valence-electron chi connectivity index (χ2n) is 5.52. The number of benzene rings is 1. The van der Waals surface area contributed by atoms with Crippen molar-refractivity contribution in [2.45, 2.75) is 24.2 Å². The molecule has 1 fully saturated rings. The average molecular weight is 343 g/mol. The van der Waals surface area contributed by atoms with E-state index < -0.39 is 0 Å². The lowest BCUT2D eigenvalue weighted by atomic mass is 10.3. The number of thiol groups is 1. The van der Waals surface area contributed by atoms with Crippen LogP contribution in [0.3, 0.4) is 0 Å². The number of aromatic nitrogens is 4. The van der Waals surface area contributed by atoms with Gasteiger partial charge in [0, 0.05) is 18.4 Å². The van der Waals surface area contributed by atoms with E-state index in [2.05, 4.69) is 32.9 Å².